The van der Waals surface area contributed by atoms with Crippen LogP contribution in [-0.4, -0.2) is 46.2 Å². The molecule has 2 bridgehead atoms. The molecule has 0 spiro atoms. The zero-order valence-electron chi connectivity index (χ0n) is 11.3. The monoisotopic (exact) mass is 248 g/mol. The maximum Gasteiger partial charge on any atom is 0.0945 e. The largest absolute Gasteiger partial charge is 0.337 e. The number of aromatic nitrogens is 2. The first-order valence-corrected chi connectivity index (χ1v) is 7.23. The van der Waals surface area contributed by atoms with Crippen molar-refractivity contribution >= 4 is 0 Å². The Hall–Kier alpha value is -0.870. The number of imidazole rings is 1. The number of piperidine rings is 1. The molecule has 18 heavy (non-hydrogen) atoms. The molecule has 2 aliphatic heterocycles. The predicted octanol–water partition coefficient (Wildman–Crippen LogP) is 1.49. The van der Waals surface area contributed by atoms with Gasteiger partial charge in [-0.2, -0.15) is 0 Å². The van der Waals surface area contributed by atoms with Gasteiger partial charge in [-0.15, -0.1) is 0 Å². The standard InChI is InChI=1S/C14H24N4/c1-17(6-2-7-18-8-5-15-11-18)14-9-12-3-4-13(10-14)16-12/h5,8,11-14,16H,2-4,6-7,9-10H2,1H3. The van der Waals surface area contributed by atoms with E-state index in [1.165, 1.54) is 38.6 Å². The van der Waals surface area contributed by atoms with E-state index in [9.17, 15) is 0 Å². The number of hydrogen-bond acceptors (Lipinski definition) is 3. The maximum atomic E-state index is 4.08. The van der Waals surface area contributed by atoms with Crippen LogP contribution in [0.25, 0.3) is 0 Å². The predicted molar refractivity (Wildman–Crippen MR) is 72.4 cm³/mol. The van der Waals surface area contributed by atoms with Crippen molar-refractivity contribution in [2.45, 2.75) is 56.8 Å². The molecule has 0 saturated carbocycles. The summed E-state index contributed by atoms with van der Waals surface area (Å²) in [5.74, 6) is 0. The Morgan fingerprint density at radius 3 is 2.78 bits per heavy atom. The number of rotatable bonds is 5. The van der Waals surface area contributed by atoms with E-state index in [0.717, 1.165) is 24.7 Å². The molecule has 4 heteroatoms. The van der Waals surface area contributed by atoms with Crippen molar-refractivity contribution in [2.75, 3.05) is 13.6 Å². The van der Waals surface area contributed by atoms with Gasteiger partial charge in [0.05, 0.1) is 6.33 Å². The van der Waals surface area contributed by atoms with Gasteiger partial charge < -0.3 is 14.8 Å². The third-order valence-electron chi connectivity index (χ3n) is 4.56. The van der Waals surface area contributed by atoms with Crippen LogP contribution in [0, 0.1) is 0 Å². The van der Waals surface area contributed by atoms with E-state index in [1.54, 1.807) is 0 Å². The minimum atomic E-state index is 0.796. The molecule has 3 heterocycles. The molecule has 2 aliphatic rings. The van der Waals surface area contributed by atoms with Crippen molar-refractivity contribution in [3.63, 3.8) is 0 Å². The Labute approximate surface area is 109 Å². The van der Waals surface area contributed by atoms with Gasteiger partial charge in [-0.25, -0.2) is 4.98 Å². The molecule has 2 unspecified atom stereocenters. The average Bonchev–Trinajstić information content (AvgIpc) is 2.99. The third kappa shape index (κ3) is 2.75. The van der Waals surface area contributed by atoms with Crippen LogP contribution in [0.4, 0.5) is 0 Å². The fourth-order valence-corrected chi connectivity index (χ4v) is 3.49. The van der Waals surface area contributed by atoms with Crippen LogP contribution in [0.3, 0.4) is 0 Å². The molecule has 2 fully saturated rings. The van der Waals surface area contributed by atoms with Gasteiger partial charge in [0.1, 0.15) is 0 Å². The van der Waals surface area contributed by atoms with Gasteiger partial charge in [0, 0.05) is 37.1 Å². The van der Waals surface area contributed by atoms with Gasteiger partial charge in [0.15, 0.2) is 0 Å². The summed E-state index contributed by atoms with van der Waals surface area (Å²) in [5.41, 5.74) is 0. The Kier molecular flexibility index (Phi) is 3.66. The van der Waals surface area contributed by atoms with E-state index < -0.39 is 0 Å². The van der Waals surface area contributed by atoms with E-state index >= 15 is 0 Å². The van der Waals surface area contributed by atoms with Crippen molar-refractivity contribution in [3.8, 4) is 0 Å². The fourth-order valence-electron chi connectivity index (χ4n) is 3.49. The minimum absolute atomic E-state index is 0.796. The number of aryl methyl sites for hydroxylation is 1. The molecule has 0 amide bonds. The summed E-state index contributed by atoms with van der Waals surface area (Å²) in [6.45, 7) is 2.28. The molecule has 1 aromatic heterocycles. The molecule has 4 nitrogen and oxygen atoms in total. The van der Waals surface area contributed by atoms with Gasteiger partial charge in [-0.05, 0) is 45.7 Å². The zero-order chi connectivity index (χ0) is 12.4. The van der Waals surface area contributed by atoms with Crippen LogP contribution in [0.2, 0.25) is 0 Å². The maximum absolute atomic E-state index is 4.08. The third-order valence-corrected chi connectivity index (χ3v) is 4.56. The van der Waals surface area contributed by atoms with E-state index in [4.69, 9.17) is 0 Å². The summed E-state index contributed by atoms with van der Waals surface area (Å²) < 4.78 is 2.17. The number of fused-ring (bicyclic) bond motifs is 2. The molecule has 0 radical (unpaired) electrons. The smallest absolute Gasteiger partial charge is 0.0945 e. The first-order valence-electron chi connectivity index (χ1n) is 7.23. The highest BCUT2D eigenvalue weighted by Crippen LogP contribution is 2.29. The van der Waals surface area contributed by atoms with Gasteiger partial charge >= 0.3 is 0 Å². The average molecular weight is 248 g/mol. The minimum Gasteiger partial charge on any atom is -0.337 e. The molecular weight excluding hydrogens is 224 g/mol. The van der Waals surface area contributed by atoms with Gasteiger partial charge in [0.25, 0.3) is 0 Å². The van der Waals surface area contributed by atoms with Crippen LogP contribution in [0.1, 0.15) is 32.1 Å². The lowest BCUT2D eigenvalue weighted by atomic mass is 9.98. The van der Waals surface area contributed by atoms with Gasteiger partial charge in [0.2, 0.25) is 0 Å². The lowest BCUT2D eigenvalue weighted by molar-refractivity contribution is 0.169. The van der Waals surface area contributed by atoms with Crippen molar-refractivity contribution < 1.29 is 0 Å². The molecule has 2 saturated heterocycles. The highest BCUT2D eigenvalue weighted by molar-refractivity contribution is 4.95. The van der Waals surface area contributed by atoms with Crippen molar-refractivity contribution in [1.82, 2.24) is 19.8 Å². The lowest BCUT2D eigenvalue weighted by Gasteiger charge is -2.35. The highest BCUT2D eigenvalue weighted by Gasteiger charge is 2.34. The Morgan fingerprint density at radius 2 is 2.11 bits per heavy atom. The van der Waals surface area contributed by atoms with Gasteiger partial charge in [-0.1, -0.05) is 0 Å². The molecule has 0 aliphatic carbocycles. The van der Waals surface area contributed by atoms with Gasteiger partial charge in [-0.3, -0.25) is 0 Å². The SMILES string of the molecule is CN(CCCn1ccnc1)C1CC2CCC(C1)N2. The molecule has 1 aromatic rings. The highest BCUT2D eigenvalue weighted by atomic mass is 15.2. The summed E-state index contributed by atoms with van der Waals surface area (Å²) in [6.07, 6.45) is 12.5. The zero-order valence-corrected chi connectivity index (χ0v) is 11.3. The second kappa shape index (κ2) is 5.41. The fraction of sp³-hybridized carbons (Fsp3) is 0.786. The normalized spacial score (nSPS) is 31.1. The molecule has 1 N–H and O–H groups in total. The summed E-state index contributed by atoms with van der Waals surface area (Å²) in [7, 11) is 2.29. The van der Waals surface area contributed by atoms with Crippen LogP contribution in [-0.2, 0) is 6.54 Å². The van der Waals surface area contributed by atoms with Crippen molar-refractivity contribution in [1.29, 1.82) is 0 Å². The van der Waals surface area contributed by atoms with Crippen molar-refractivity contribution in [2.24, 2.45) is 0 Å². The Balaban J connectivity index is 1.42. The topological polar surface area (TPSA) is 33.1 Å². The Bertz CT molecular complexity index is 350. The Morgan fingerprint density at radius 1 is 1.33 bits per heavy atom. The summed E-state index contributed by atoms with van der Waals surface area (Å²) in [6, 6.07) is 2.39. The van der Waals surface area contributed by atoms with E-state index in [0.29, 0.717) is 0 Å². The van der Waals surface area contributed by atoms with Crippen molar-refractivity contribution in [3.05, 3.63) is 18.7 Å². The van der Waals surface area contributed by atoms with Crippen LogP contribution in [0.15, 0.2) is 18.7 Å². The number of nitrogens with zero attached hydrogens (tertiary/aromatic N) is 3. The molecule has 100 valence electrons. The summed E-state index contributed by atoms with van der Waals surface area (Å²) in [5, 5.41) is 3.71. The number of nitrogens with one attached hydrogen (secondary N) is 1. The molecule has 3 rings (SSSR count). The number of hydrogen-bond donors (Lipinski definition) is 1. The summed E-state index contributed by atoms with van der Waals surface area (Å²) >= 11 is 0. The van der Waals surface area contributed by atoms with Crippen LogP contribution in [0.5, 0.6) is 0 Å². The summed E-state index contributed by atoms with van der Waals surface area (Å²) in [4.78, 5) is 6.65. The van der Waals surface area contributed by atoms with Crippen LogP contribution < -0.4 is 5.32 Å². The van der Waals surface area contributed by atoms with E-state index in [1.807, 2.05) is 18.7 Å². The van der Waals surface area contributed by atoms with E-state index in [2.05, 4.69) is 26.8 Å². The lowest BCUT2D eigenvalue weighted by Crippen LogP contribution is -2.47. The second-order valence-corrected chi connectivity index (χ2v) is 5.90. The second-order valence-electron chi connectivity index (χ2n) is 5.90. The van der Waals surface area contributed by atoms with E-state index in [-0.39, 0.29) is 0 Å². The molecule has 2 atom stereocenters. The molecular formula is C14H24N4. The quantitative estimate of drug-likeness (QED) is 0.857. The first kappa shape index (κ1) is 12.2. The van der Waals surface area contributed by atoms with Crippen LogP contribution >= 0.6 is 0 Å². The molecule has 0 aromatic carbocycles. The first-order chi connectivity index (χ1) is 8.81.